The summed E-state index contributed by atoms with van der Waals surface area (Å²) in [4.78, 5) is 20.8. The van der Waals surface area contributed by atoms with Crippen LogP contribution in [0.3, 0.4) is 0 Å². The summed E-state index contributed by atoms with van der Waals surface area (Å²) in [6.07, 6.45) is 2.41. The molecule has 0 spiro atoms. The van der Waals surface area contributed by atoms with Gasteiger partial charge >= 0.3 is 0 Å². The number of hydrogen-bond acceptors (Lipinski definition) is 6. The molecule has 0 bridgehead atoms. The highest BCUT2D eigenvalue weighted by molar-refractivity contribution is 7.98. The van der Waals surface area contributed by atoms with Crippen LogP contribution in [0.25, 0.3) is 0 Å². The third kappa shape index (κ3) is 3.28. The van der Waals surface area contributed by atoms with E-state index in [1.807, 2.05) is 6.26 Å². The predicted molar refractivity (Wildman–Crippen MR) is 76.0 cm³/mol. The minimum atomic E-state index is -0.964. The monoisotopic (exact) mass is 297 g/mol. The van der Waals surface area contributed by atoms with Gasteiger partial charge in [-0.1, -0.05) is 0 Å². The topological polar surface area (TPSA) is 84.3 Å². The Morgan fingerprint density at radius 3 is 2.85 bits per heavy atom. The first-order valence-corrected chi connectivity index (χ1v) is 7.65. The molecule has 2 heterocycles. The first-order chi connectivity index (χ1) is 9.45. The Kier molecular flexibility index (Phi) is 4.62. The van der Waals surface area contributed by atoms with Crippen LogP contribution in [0.15, 0.2) is 5.03 Å². The molecule has 2 rings (SSSR count). The van der Waals surface area contributed by atoms with Crippen molar-refractivity contribution in [1.29, 1.82) is 0 Å². The van der Waals surface area contributed by atoms with E-state index < -0.39 is 5.60 Å². The van der Waals surface area contributed by atoms with Crippen LogP contribution >= 0.6 is 11.8 Å². The standard InChI is InChI=1S/C13H19N3O3S/c1-8-10(12(20-3)16-9(2)15-8)11(17)14-6-13(18)4-5-19-7-13/h18H,4-7H2,1-3H3,(H,14,17). The van der Waals surface area contributed by atoms with Gasteiger partial charge in [-0.15, -0.1) is 11.8 Å². The van der Waals surface area contributed by atoms with E-state index >= 15 is 0 Å². The Hall–Kier alpha value is -1.18. The highest BCUT2D eigenvalue weighted by Gasteiger charge is 2.33. The quantitative estimate of drug-likeness (QED) is 0.628. The molecule has 1 aliphatic heterocycles. The van der Waals surface area contributed by atoms with E-state index in [1.54, 1.807) is 13.8 Å². The van der Waals surface area contributed by atoms with Crippen molar-refractivity contribution in [1.82, 2.24) is 15.3 Å². The number of aryl methyl sites for hydroxylation is 2. The average Bonchev–Trinajstić information content (AvgIpc) is 2.82. The van der Waals surface area contributed by atoms with Gasteiger partial charge in [-0.25, -0.2) is 9.97 Å². The summed E-state index contributed by atoms with van der Waals surface area (Å²) in [5, 5.41) is 13.6. The van der Waals surface area contributed by atoms with Gasteiger partial charge in [0, 0.05) is 19.6 Å². The van der Waals surface area contributed by atoms with Gasteiger partial charge in [0.05, 0.1) is 17.9 Å². The number of nitrogens with one attached hydrogen (secondary N) is 1. The van der Waals surface area contributed by atoms with E-state index in [0.29, 0.717) is 35.1 Å². The van der Waals surface area contributed by atoms with E-state index in [-0.39, 0.29) is 19.1 Å². The van der Waals surface area contributed by atoms with Gasteiger partial charge < -0.3 is 15.2 Å². The van der Waals surface area contributed by atoms with Crippen molar-refractivity contribution >= 4 is 17.7 Å². The third-order valence-electron chi connectivity index (χ3n) is 3.25. The summed E-state index contributed by atoms with van der Waals surface area (Å²) in [5.41, 5.74) is 0.161. The zero-order valence-electron chi connectivity index (χ0n) is 11.9. The molecule has 20 heavy (non-hydrogen) atoms. The summed E-state index contributed by atoms with van der Waals surface area (Å²) in [7, 11) is 0. The minimum Gasteiger partial charge on any atom is -0.386 e. The molecule has 1 aromatic rings. The fraction of sp³-hybridized carbons (Fsp3) is 0.615. The zero-order chi connectivity index (χ0) is 14.8. The zero-order valence-corrected chi connectivity index (χ0v) is 12.7. The summed E-state index contributed by atoms with van der Waals surface area (Å²) >= 11 is 1.41. The summed E-state index contributed by atoms with van der Waals surface area (Å²) < 4.78 is 5.15. The van der Waals surface area contributed by atoms with Crippen LogP contribution < -0.4 is 5.32 Å². The Balaban J connectivity index is 2.13. The number of rotatable bonds is 4. The molecule has 1 amide bonds. The number of nitrogens with zero attached hydrogens (tertiary/aromatic N) is 2. The molecule has 0 radical (unpaired) electrons. The summed E-state index contributed by atoms with van der Waals surface area (Å²) in [6.45, 7) is 4.54. The molecular weight excluding hydrogens is 278 g/mol. The second-order valence-corrected chi connectivity index (χ2v) is 5.75. The first kappa shape index (κ1) is 15.2. The largest absolute Gasteiger partial charge is 0.386 e. The normalized spacial score (nSPS) is 22.0. The van der Waals surface area contributed by atoms with Crippen molar-refractivity contribution in [3.63, 3.8) is 0 Å². The van der Waals surface area contributed by atoms with Crippen LogP contribution in [0.1, 0.15) is 28.3 Å². The second kappa shape index (κ2) is 6.07. The lowest BCUT2D eigenvalue weighted by Gasteiger charge is -2.21. The van der Waals surface area contributed by atoms with Crippen molar-refractivity contribution < 1.29 is 14.6 Å². The van der Waals surface area contributed by atoms with Gasteiger partial charge in [0.2, 0.25) is 0 Å². The molecular formula is C13H19N3O3S. The minimum absolute atomic E-state index is 0.174. The molecule has 0 aromatic carbocycles. The first-order valence-electron chi connectivity index (χ1n) is 6.43. The Morgan fingerprint density at radius 1 is 1.50 bits per heavy atom. The van der Waals surface area contributed by atoms with E-state index in [9.17, 15) is 9.90 Å². The van der Waals surface area contributed by atoms with Crippen molar-refractivity contribution in [2.24, 2.45) is 0 Å². The molecule has 2 N–H and O–H groups in total. The van der Waals surface area contributed by atoms with Crippen molar-refractivity contribution in [3.05, 3.63) is 17.1 Å². The number of thioether (sulfide) groups is 1. The number of aromatic nitrogens is 2. The molecule has 6 nitrogen and oxygen atoms in total. The molecule has 7 heteroatoms. The van der Waals surface area contributed by atoms with Crippen molar-refractivity contribution in [3.8, 4) is 0 Å². The van der Waals surface area contributed by atoms with Crippen LogP contribution in [0, 0.1) is 13.8 Å². The Labute approximate surface area is 122 Å². The van der Waals surface area contributed by atoms with Gasteiger partial charge in [-0.3, -0.25) is 4.79 Å². The van der Waals surface area contributed by atoms with Crippen LogP contribution in [-0.4, -0.2) is 52.6 Å². The van der Waals surface area contributed by atoms with E-state index in [4.69, 9.17) is 4.74 Å². The number of amides is 1. The maximum atomic E-state index is 12.3. The molecule has 1 saturated heterocycles. The third-order valence-corrected chi connectivity index (χ3v) is 3.93. The van der Waals surface area contributed by atoms with E-state index in [0.717, 1.165) is 0 Å². The molecule has 1 unspecified atom stereocenters. The fourth-order valence-electron chi connectivity index (χ4n) is 2.16. The number of aliphatic hydroxyl groups is 1. The molecule has 1 fully saturated rings. The highest BCUT2D eigenvalue weighted by Crippen LogP contribution is 2.21. The Bertz CT molecular complexity index is 516. The van der Waals surface area contributed by atoms with Gasteiger partial charge in [-0.2, -0.15) is 0 Å². The molecule has 1 aromatic heterocycles. The van der Waals surface area contributed by atoms with Gasteiger partial charge in [-0.05, 0) is 20.1 Å². The van der Waals surface area contributed by atoms with Gasteiger partial charge in [0.15, 0.2) is 0 Å². The van der Waals surface area contributed by atoms with Gasteiger partial charge in [0.25, 0.3) is 5.91 Å². The fourth-order valence-corrected chi connectivity index (χ4v) is 2.83. The molecule has 1 aliphatic rings. The summed E-state index contributed by atoms with van der Waals surface area (Å²) in [5.74, 6) is 0.387. The number of carbonyl (C=O) groups excluding carboxylic acids is 1. The van der Waals surface area contributed by atoms with Gasteiger partial charge in [0.1, 0.15) is 16.5 Å². The highest BCUT2D eigenvalue weighted by atomic mass is 32.2. The lowest BCUT2D eigenvalue weighted by atomic mass is 10.0. The van der Waals surface area contributed by atoms with Crippen molar-refractivity contribution in [2.45, 2.75) is 30.9 Å². The lowest BCUT2D eigenvalue weighted by Crippen LogP contribution is -2.43. The molecule has 110 valence electrons. The maximum absolute atomic E-state index is 12.3. The van der Waals surface area contributed by atoms with Crippen LogP contribution in [-0.2, 0) is 4.74 Å². The second-order valence-electron chi connectivity index (χ2n) is 4.95. The molecule has 1 atom stereocenters. The Morgan fingerprint density at radius 2 is 2.25 bits per heavy atom. The van der Waals surface area contributed by atoms with Crippen LogP contribution in [0.4, 0.5) is 0 Å². The number of hydrogen-bond donors (Lipinski definition) is 2. The SMILES string of the molecule is CSc1nc(C)nc(C)c1C(=O)NCC1(O)CCOC1. The average molecular weight is 297 g/mol. The number of carbonyl (C=O) groups is 1. The van der Waals surface area contributed by atoms with Crippen LogP contribution in [0.5, 0.6) is 0 Å². The lowest BCUT2D eigenvalue weighted by molar-refractivity contribution is 0.0264. The molecule has 0 aliphatic carbocycles. The number of ether oxygens (including phenoxy) is 1. The van der Waals surface area contributed by atoms with Crippen molar-refractivity contribution in [2.75, 3.05) is 26.0 Å². The summed E-state index contributed by atoms with van der Waals surface area (Å²) in [6, 6.07) is 0. The van der Waals surface area contributed by atoms with Crippen LogP contribution in [0.2, 0.25) is 0 Å². The molecule has 0 saturated carbocycles. The smallest absolute Gasteiger partial charge is 0.255 e. The van der Waals surface area contributed by atoms with E-state index in [2.05, 4.69) is 15.3 Å². The van der Waals surface area contributed by atoms with E-state index in [1.165, 1.54) is 11.8 Å². The predicted octanol–water partition coefficient (Wildman–Crippen LogP) is 0.697. The maximum Gasteiger partial charge on any atom is 0.255 e.